The first-order valence-electron chi connectivity index (χ1n) is 7.50. The molecule has 0 aromatic heterocycles. The smallest absolute Gasteiger partial charge is 0.271 e. The van der Waals surface area contributed by atoms with Gasteiger partial charge in [-0.1, -0.05) is 0 Å². The zero-order valence-corrected chi connectivity index (χ0v) is 16.8. The predicted molar refractivity (Wildman–Crippen MR) is 104 cm³/mol. The van der Waals surface area contributed by atoms with Gasteiger partial charge >= 0.3 is 0 Å². The topological polar surface area (TPSA) is 91.3 Å². The molecule has 1 N–H and O–H groups in total. The summed E-state index contributed by atoms with van der Waals surface area (Å²) in [5.41, 5.74) is 1.55. The van der Waals surface area contributed by atoms with E-state index in [1.807, 2.05) is 19.9 Å². The lowest BCUT2D eigenvalue weighted by Crippen LogP contribution is -2.21. The SMILES string of the molecule is CCN(CC)c1ccc(N=Nc2c(Br)cc([N+](=O)[O-])cc2Br)c(O)c1. The van der Waals surface area contributed by atoms with Crippen LogP contribution in [0.3, 0.4) is 0 Å². The van der Waals surface area contributed by atoms with E-state index in [0.717, 1.165) is 18.8 Å². The molecule has 2 aromatic rings. The van der Waals surface area contributed by atoms with E-state index in [0.29, 0.717) is 20.3 Å². The fourth-order valence-corrected chi connectivity index (χ4v) is 3.56. The maximum Gasteiger partial charge on any atom is 0.271 e. The van der Waals surface area contributed by atoms with Crippen LogP contribution >= 0.6 is 31.9 Å². The minimum atomic E-state index is -0.492. The van der Waals surface area contributed by atoms with E-state index in [9.17, 15) is 15.2 Å². The molecule has 0 saturated carbocycles. The Morgan fingerprint density at radius 2 is 1.72 bits per heavy atom. The highest BCUT2D eigenvalue weighted by atomic mass is 79.9. The van der Waals surface area contributed by atoms with Gasteiger partial charge in [-0.3, -0.25) is 10.1 Å². The van der Waals surface area contributed by atoms with Gasteiger partial charge in [-0.15, -0.1) is 10.2 Å². The number of nitrogens with zero attached hydrogens (tertiary/aromatic N) is 4. The van der Waals surface area contributed by atoms with Crippen molar-refractivity contribution in [1.29, 1.82) is 0 Å². The summed E-state index contributed by atoms with van der Waals surface area (Å²) in [5.74, 6) is 0.0160. The molecule has 7 nitrogen and oxygen atoms in total. The van der Waals surface area contributed by atoms with Crippen LogP contribution in [0.4, 0.5) is 22.7 Å². The Morgan fingerprint density at radius 3 is 2.20 bits per heavy atom. The van der Waals surface area contributed by atoms with Gasteiger partial charge in [0.25, 0.3) is 5.69 Å². The van der Waals surface area contributed by atoms with Crippen LogP contribution in [0.5, 0.6) is 5.75 Å². The summed E-state index contributed by atoms with van der Waals surface area (Å²) in [4.78, 5) is 12.5. The molecule has 2 rings (SSSR count). The van der Waals surface area contributed by atoms with Gasteiger partial charge in [0.2, 0.25) is 0 Å². The van der Waals surface area contributed by atoms with E-state index in [4.69, 9.17) is 0 Å². The summed E-state index contributed by atoms with van der Waals surface area (Å²) >= 11 is 6.50. The van der Waals surface area contributed by atoms with E-state index in [-0.39, 0.29) is 11.4 Å². The number of azo groups is 1. The van der Waals surface area contributed by atoms with E-state index >= 15 is 0 Å². The number of rotatable bonds is 6. The molecule has 9 heteroatoms. The number of aromatic hydroxyl groups is 1. The lowest BCUT2D eigenvalue weighted by molar-refractivity contribution is -0.385. The van der Waals surface area contributed by atoms with Crippen molar-refractivity contribution in [2.75, 3.05) is 18.0 Å². The normalized spacial score (nSPS) is 11.0. The second-order valence-electron chi connectivity index (χ2n) is 5.06. The summed E-state index contributed by atoms with van der Waals surface area (Å²) < 4.78 is 0.855. The summed E-state index contributed by atoms with van der Waals surface area (Å²) in [6.45, 7) is 5.74. The highest BCUT2D eigenvalue weighted by Crippen LogP contribution is 2.39. The minimum absolute atomic E-state index is 0.0160. The van der Waals surface area contributed by atoms with Crippen LogP contribution in [-0.4, -0.2) is 23.1 Å². The number of benzene rings is 2. The second-order valence-corrected chi connectivity index (χ2v) is 6.77. The first-order chi connectivity index (χ1) is 11.9. The summed E-state index contributed by atoms with van der Waals surface area (Å²) in [5, 5.41) is 29.2. The van der Waals surface area contributed by atoms with Crippen molar-refractivity contribution in [1.82, 2.24) is 0 Å². The molecule has 0 aliphatic heterocycles. The first-order valence-corrected chi connectivity index (χ1v) is 9.09. The molecule has 0 fully saturated rings. The van der Waals surface area contributed by atoms with Crippen LogP contribution in [0.1, 0.15) is 13.8 Å². The third-order valence-corrected chi connectivity index (χ3v) is 4.77. The third kappa shape index (κ3) is 4.55. The van der Waals surface area contributed by atoms with Crippen LogP contribution in [0, 0.1) is 10.1 Å². The molecule has 0 unspecified atom stereocenters. The molecule has 0 saturated heterocycles. The van der Waals surface area contributed by atoms with Crippen molar-refractivity contribution >= 4 is 54.6 Å². The Bertz CT molecular complexity index is 800. The maximum atomic E-state index is 10.8. The lowest BCUT2D eigenvalue weighted by atomic mass is 10.2. The van der Waals surface area contributed by atoms with Gasteiger partial charge in [0.15, 0.2) is 0 Å². The number of anilines is 1. The van der Waals surface area contributed by atoms with E-state index in [2.05, 4.69) is 47.0 Å². The number of phenols is 1. The molecule has 25 heavy (non-hydrogen) atoms. The Balaban J connectivity index is 2.32. The fourth-order valence-electron chi connectivity index (χ4n) is 2.24. The Morgan fingerprint density at radius 1 is 1.12 bits per heavy atom. The monoisotopic (exact) mass is 470 g/mol. The highest BCUT2D eigenvalue weighted by Gasteiger charge is 2.14. The average Bonchev–Trinajstić information content (AvgIpc) is 2.56. The largest absolute Gasteiger partial charge is 0.506 e. The number of non-ortho nitro benzene ring substituents is 1. The molecule has 0 aliphatic carbocycles. The van der Waals surface area contributed by atoms with E-state index < -0.39 is 4.92 Å². The summed E-state index contributed by atoms with van der Waals surface area (Å²) in [7, 11) is 0. The van der Waals surface area contributed by atoms with Crippen molar-refractivity contribution in [3.63, 3.8) is 0 Å². The Hall–Kier alpha value is -2.00. The molecule has 0 radical (unpaired) electrons. The number of hydrogen-bond acceptors (Lipinski definition) is 6. The van der Waals surface area contributed by atoms with Gasteiger partial charge in [0, 0.05) is 37.0 Å². The van der Waals surface area contributed by atoms with E-state index in [1.165, 1.54) is 12.1 Å². The fraction of sp³-hybridized carbons (Fsp3) is 0.250. The average molecular weight is 472 g/mol. The zero-order chi connectivity index (χ0) is 18.6. The third-order valence-electron chi connectivity index (χ3n) is 3.56. The van der Waals surface area contributed by atoms with Crippen LogP contribution in [0.2, 0.25) is 0 Å². The molecule has 0 spiro atoms. The van der Waals surface area contributed by atoms with Crippen molar-refractivity contribution in [2.45, 2.75) is 13.8 Å². The maximum absolute atomic E-state index is 10.8. The number of nitro benzene ring substituents is 1. The van der Waals surface area contributed by atoms with Crippen molar-refractivity contribution in [2.24, 2.45) is 10.2 Å². The molecular weight excluding hydrogens is 456 g/mol. The van der Waals surface area contributed by atoms with Crippen molar-refractivity contribution < 1.29 is 10.0 Å². The van der Waals surface area contributed by atoms with Gasteiger partial charge in [-0.2, -0.15) is 0 Å². The zero-order valence-electron chi connectivity index (χ0n) is 13.6. The number of nitro groups is 1. The minimum Gasteiger partial charge on any atom is -0.506 e. The molecule has 132 valence electrons. The van der Waals surface area contributed by atoms with Gasteiger partial charge in [0.1, 0.15) is 17.1 Å². The van der Waals surface area contributed by atoms with Crippen molar-refractivity contribution in [3.8, 4) is 5.75 Å². The predicted octanol–water partition coefficient (Wildman–Crippen LogP) is 6.09. The summed E-state index contributed by atoms with van der Waals surface area (Å²) in [6.07, 6.45) is 0. The van der Waals surface area contributed by atoms with Crippen LogP contribution in [-0.2, 0) is 0 Å². The molecule has 0 heterocycles. The molecule has 0 bridgehead atoms. The number of phenolic OH excluding ortho intramolecular Hbond substituents is 1. The molecular formula is C16H16Br2N4O3. The van der Waals surface area contributed by atoms with Gasteiger partial charge in [-0.25, -0.2) is 0 Å². The van der Waals surface area contributed by atoms with Crippen LogP contribution < -0.4 is 4.90 Å². The summed E-state index contributed by atoms with van der Waals surface area (Å²) in [6, 6.07) is 7.88. The molecule has 0 amide bonds. The Labute approximate surface area is 161 Å². The molecule has 0 atom stereocenters. The highest BCUT2D eigenvalue weighted by molar-refractivity contribution is 9.11. The standard InChI is InChI=1S/C16H16Br2N4O3/c1-3-21(4-2)10-5-6-14(15(23)9-10)19-20-16-12(17)7-11(22(24)25)8-13(16)18/h5-9,23H,3-4H2,1-2H3. The lowest BCUT2D eigenvalue weighted by Gasteiger charge is -2.21. The van der Waals surface area contributed by atoms with Crippen LogP contribution in [0.25, 0.3) is 0 Å². The molecule has 2 aromatic carbocycles. The van der Waals surface area contributed by atoms with Crippen molar-refractivity contribution in [3.05, 3.63) is 49.4 Å². The Kier molecular flexibility index (Phi) is 6.49. The van der Waals surface area contributed by atoms with Gasteiger partial charge in [0.05, 0.1) is 13.9 Å². The van der Waals surface area contributed by atoms with Gasteiger partial charge in [-0.05, 0) is 57.8 Å². The van der Waals surface area contributed by atoms with Gasteiger partial charge < -0.3 is 10.0 Å². The quantitative estimate of drug-likeness (QED) is 0.313. The first kappa shape index (κ1) is 19.3. The van der Waals surface area contributed by atoms with E-state index in [1.54, 1.807) is 12.1 Å². The second kappa shape index (κ2) is 8.39. The van der Waals surface area contributed by atoms with Crippen LogP contribution in [0.15, 0.2) is 49.5 Å². The molecule has 0 aliphatic rings. The number of halogens is 2. The number of hydrogen-bond donors (Lipinski definition) is 1.